The fourth-order valence-electron chi connectivity index (χ4n) is 2.88. The molecule has 1 aliphatic heterocycles. The maximum atomic E-state index is 12.4. The quantitative estimate of drug-likeness (QED) is 0.312. The number of nitrogens with one attached hydrogen (secondary N) is 1. The summed E-state index contributed by atoms with van der Waals surface area (Å²) in [6.45, 7) is 6.93. The molecule has 0 spiro atoms. The second kappa shape index (κ2) is 12.6. The van der Waals surface area contributed by atoms with E-state index in [2.05, 4.69) is 20.2 Å². The number of hydrogen-bond acceptors (Lipinski definition) is 5. The van der Waals surface area contributed by atoms with Crippen molar-refractivity contribution < 1.29 is 13.2 Å². The number of aliphatic imine (C=N–C) groups is 1. The molecule has 0 saturated carbocycles. The van der Waals surface area contributed by atoms with Gasteiger partial charge in [-0.05, 0) is 26.0 Å². The van der Waals surface area contributed by atoms with Crippen LogP contribution in [0.2, 0.25) is 0 Å². The SMILES string of the molecule is CN=C(NCCc1ccccn1)N1CCN(S(=O)(=O)CCOC(C)C)CC1.I. The van der Waals surface area contributed by atoms with E-state index in [-0.39, 0.29) is 42.4 Å². The Morgan fingerprint density at radius 3 is 2.57 bits per heavy atom. The second-order valence-electron chi connectivity index (χ2n) is 6.67. The average Bonchev–Trinajstić information content (AvgIpc) is 2.66. The molecule has 1 aliphatic rings. The fourth-order valence-corrected chi connectivity index (χ4v) is 4.16. The molecule has 0 unspecified atom stereocenters. The van der Waals surface area contributed by atoms with Crippen molar-refractivity contribution in [1.29, 1.82) is 0 Å². The lowest BCUT2D eigenvalue weighted by molar-refractivity contribution is 0.0904. The minimum absolute atomic E-state index is 0. The zero-order valence-electron chi connectivity index (χ0n) is 16.9. The first kappa shape index (κ1) is 25.1. The van der Waals surface area contributed by atoms with E-state index in [0.717, 1.165) is 24.6 Å². The number of piperazine rings is 1. The van der Waals surface area contributed by atoms with Gasteiger partial charge in [0.15, 0.2) is 5.96 Å². The first-order chi connectivity index (χ1) is 12.9. The molecule has 1 N–H and O–H groups in total. The van der Waals surface area contributed by atoms with Gasteiger partial charge in [-0.2, -0.15) is 4.31 Å². The Hall–Kier alpha value is -0.980. The van der Waals surface area contributed by atoms with Gasteiger partial charge in [0.25, 0.3) is 0 Å². The molecule has 8 nitrogen and oxygen atoms in total. The van der Waals surface area contributed by atoms with Crippen molar-refractivity contribution in [3.05, 3.63) is 30.1 Å². The van der Waals surface area contributed by atoms with E-state index in [0.29, 0.717) is 26.2 Å². The van der Waals surface area contributed by atoms with E-state index >= 15 is 0 Å². The average molecular weight is 525 g/mol. The van der Waals surface area contributed by atoms with Crippen molar-refractivity contribution >= 4 is 40.0 Å². The van der Waals surface area contributed by atoms with Crippen molar-refractivity contribution in [2.45, 2.75) is 26.4 Å². The van der Waals surface area contributed by atoms with Gasteiger partial charge in [0.1, 0.15) is 0 Å². The monoisotopic (exact) mass is 525 g/mol. The Morgan fingerprint density at radius 2 is 2.00 bits per heavy atom. The summed E-state index contributed by atoms with van der Waals surface area (Å²) in [4.78, 5) is 10.7. The van der Waals surface area contributed by atoms with Gasteiger partial charge in [0, 0.05) is 58.1 Å². The molecular formula is C18H32IN5O3S. The first-order valence-corrected chi connectivity index (χ1v) is 11.0. The third kappa shape index (κ3) is 8.18. The Morgan fingerprint density at radius 1 is 1.29 bits per heavy atom. The number of rotatable bonds is 8. The Balaban J connectivity index is 0.00000392. The number of sulfonamides is 1. The highest BCUT2D eigenvalue weighted by molar-refractivity contribution is 14.0. The Bertz CT molecular complexity index is 692. The van der Waals surface area contributed by atoms with Crippen LogP contribution < -0.4 is 5.32 Å². The summed E-state index contributed by atoms with van der Waals surface area (Å²) in [7, 11) is -1.53. The van der Waals surface area contributed by atoms with Crippen molar-refractivity contribution in [3.63, 3.8) is 0 Å². The van der Waals surface area contributed by atoms with Crippen LogP contribution in [0.15, 0.2) is 29.4 Å². The number of aromatic nitrogens is 1. The Kier molecular flexibility index (Phi) is 11.2. The number of halogens is 1. The van der Waals surface area contributed by atoms with E-state index in [1.807, 2.05) is 32.0 Å². The topological polar surface area (TPSA) is 87.1 Å². The van der Waals surface area contributed by atoms with Crippen LogP contribution in [-0.2, 0) is 21.2 Å². The molecule has 10 heteroatoms. The van der Waals surface area contributed by atoms with Crippen LogP contribution in [0.1, 0.15) is 19.5 Å². The van der Waals surface area contributed by atoms with Crippen LogP contribution in [0.5, 0.6) is 0 Å². The highest BCUT2D eigenvalue weighted by Crippen LogP contribution is 2.09. The fraction of sp³-hybridized carbons (Fsp3) is 0.667. The largest absolute Gasteiger partial charge is 0.378 e. The number of hydrogen-bond donors (Lipinski definition) is 1. The molecule has 28 heavy (non-hydrogen) atoms. The Labute approximate surface area is 185 Å². The third-order valence-corrected chi connectivity index (χ3v) is 6.16. The van der Waals surface area contributed by atoms with E-state index in [9.17, 15) is 8.42 Å². The lowest BCUT2D eigenvalue weighted by Gasteiger charge is -2.35. The lowest BCUT2D eigenvalue weighted by Crippen LogP contribution is -2.54. The highest BCUT2D eigenvalue weighted by Gasteiger charge is 2.27. The highest BCUT2D eigenvalue weighted by atomic mass is 127. The minimum atomic E-state index is -3.27. The normalized spacial score (nSPS) is 16.1. The van der Waals surface area contributed by atoms with Gasteiger partial charge < -0.3 is 15.0 Å². The van der Waals surface area contributed by atoms with Crippen molar-refractivity contribution in [2.24, 2.45) is 4.99 Å². The lowest BCUT2D eigenvalue weighted by atomic mass is 10.3. The molecule has 0 atom stereocenters. The summed E-state index contributed by atoms with van der Waals surface area (Å²) in [5.41, 5.74) is 1.03. The van der Waals surface area contributed by atoms with Crippen LogP contribution >= 0.6 is 24.0 Å². The predicted molar refractivity (Wildman–Crippen MR) is 123 cm³/mol. The zero-order chi connectivity index (χ0) is 19.7. The third-order valence-electron chi connectivity index (χ3n) is 4.33. The van der Waals surface area contributed by atoms with Crippen molar-refractivity contribution in [2.75, 3.05) is 52.1 Å². The molecule has 2 heterocycles. The van der Waals surface area contributed by atoms with Gasteiger partial charge in [-0.25, -0.2) is 8.42 Å². The summed E-state index contributed by atoms with van der Waals surface area (Å²) < 4.78 is 31.8. The maximum Gasteiger partial charge on any atom is 0.216 e. The molecule has 160 valence electrons. The van der Waals surface area contributed by atoms with Crippen molar-refractivity contribution in [3.8, 4) is 0 Å². The molecule has 2 rings (SSSR count). The number of ether oxygens (including phenoxy) is 1. The summed E-state index contributed by atoms with van der Waals surface area (Å²) >= 11 is 0. The molecule has 0 aliphatic carbocycles. The first-order valence-electron chi connectivity index (χ1n) is 9.37. The summed E-state index contributed by atoms with van der Waals surface area (Å²) in [6.07, 6.45) is 2.64. The number of nitrogens with zero attached hydrogens (tertiary/aromatic N) is 4. The van der Waals surface area contributed by atoms with Crippen LogP contribution in [0.25, 0.3) is 0 Å². The van der Waals surface area contributed by atoms with Gasteiger partial charge >= 0.3 is 0 Å². The van der Waals surface area contributed by atoms with Crippen LogP contribution in [-0.4, -0.2) is 86.8 Å². The van der Waals surface area contributed by atoms with Gasteiger partial charge in [-0.1, -0.05) is 6.07 Å². The summed E-state index contributed by atoms with van der Waals surface area (Å²) in [5.74, 6) is 0.827. The molecule has 0 radical (unpaired) electrons. The van der Waals surface area contributed by atoms with E-state index in [4.69, 9.17) is 4.74 Å². The standard InChI is InChI=1S/C18H31N5O3S.HI/c1-16(2)26-14-15-27(24,25)23-12-10-22(11-13-23)18(19-3)21-9-7-17-6-4-5-8-20-17;/h4-6,8,16H,7,9-15H2,1-3H3,(H,19,21);1H. The molecule has 1 aromatic heterocycles. The molecule has 0 aromatic carbocycles. The molecule has 1 aromatic rings. The van der Waals surface area contributed by atoms with Gasteiger partial charge in [0.2, 0.25) is 10.0 Å². The van der Waals surface area contributed by atoms with Gasteiger partial charge in [-0.15, -0.1) is 24.0 Å². The molecule has 0 bridgehead atoms. The van der Waals surface area contributed by atoms with Gasteiger partial charge in [0.05, 0.1) is 18.5 Å². The minimum Gasteiger partial charge on any atom is -0.378 e. The second-order valence-corrected chi connectivity index (χ2v) is 8.76. The van der Waals surface area contributed by atoms with E-state index in [1.54, 1.807) is 17.5 Å². The van der Waals surface area contributed by atoms with Crippen LogP contribution in [0.3, 0.4) is 0 Å². The number of pyridine rings is 1. The molecule has 1 fully saturated rings. The van der Waals surface area contributed by atoms with Gasteiger partial charge in [-0.3, -0.25) is 9.98 Å². The van der Waals surface area contributed by atoms with Crippen molar-refractivity contribution in [1.82, 2.24) is 19.5 Å². The number of guanidine groups is 1. The summed E-state index contributed by atoms with van der Waals surface area (Å²) in [6, 6.07) is 5.87. The van der Waals surface area contributed by atoms with E-state index < -0.39 is 10.0 Å². The van der Waals surface area contributed by atoms with Crippen LogP contribution in [0.4, 0.5) is 0 Å². The maximum absolute atomic E-state index is 12.4. The zero-order valence-corrected chi connectivity index (χ0v) is 20.0. The molecule has 1 saturated heterocycles. The molecular weight excluding hydrogens is 493 g/mol. The summed E-state index contributed by atoms with van der Waals surface area (Å²) in [5, 5.41) is 3.34. The predicted octanol–water partition coefficient (Wildman–Crippen LogP) is 1.19. The van der Waals surface area contributed by atoms with E-state index in [1.165, 1.54) is 0 Å². The van der Waals surface area contributed by atoms with Crippen LogP contribution in [0, 0.1) is 0 Å². The smallest absolute Gasteiger partial charge is 0.216 e. The molecule has 0 amide bonds.